The Bertz CT molecular complexity index is 1210. The average molecular weight is 602 g/mol. The van der Waals surface area contributed by atoms with Gasteiger partial charge in [0.1, 0.15) is 5.54 Å². The SMILES string of the molecule is CCOC(=O)C1CCN(NC(=O)C2(c3ccccc3)CCCCN2C(C)C2NCCC2c2ccc(Cl)c(Cl)c2)CC1. The number of hydrogen-bond acceptors (Lipinski definition) is 6. The molecule has 7 nitrogen and oxygen atoms in total. The Kier molecular flexibility index (Phi) is 9.93. The highest BCUT2D eigenvalue weighted by atomic mass is 35.5. The van der Waals surface area contributed by atoms with Crippen molar-refractivity contribution in [3.8, 4) is 0 Å². The highest BCUT2D eigenvalue weighted by Gasteiger charge is 2.51. The first-order chi connectivity index (χ1) is 19.8. The predicted octanol–water partition coefficient (Wildman–Crippen LogP) is 5.52. The summed E-state index contributed by atoms with van der Waals surface area (Å²) < 4.78 is 5.24. The van der Waals surface area contributed by atoms with E-state index in [1.807, 2.05) is 42.3 Å². The van der Waals surface area contributed by atoms with E-state index >= 15 is 0 Å². The molecule has 41 heavy (non-hydrogen) atoms. The van der Waals surface area contributed by atoms with E-state index in [4.69, 9.17) is 27.9 Å². The lowest BCUT2D eigenvalue weighted by molar-refractivity contribution is -0.151. The number of rotatable bonds is 8. The molecule has 3 heterocycles. The molecule has 4 unspecified atom stereocenters. The Hall–Kier alpha value is -2.16. The van der Waals surface area contributed by atoms with Gasteiger partial charge in [-0.2, -0.15) is 0 Å². The fraction of sp³-hybridized carbons (Fsp3) is 0.562. The van der Waals surface area contributed by atoms with Gasteiger partial charge in [-0.25, -0.2) is 5.01 Å². The zero-order valence-corrected chi connectivity index (χ0v) is 25.6. The molecule has 0 aromatic heterocycles. The van der Waals surface area contributed by atoms with Crippen LogP contribution < -0.4 is 10.7 Å². The lowest BCUT2D eigenvalue weighted by Crippen LogP contribution is -2.66. The van der Waals surface area contributed by atoms with Gasteiger partial charge in [0, 0.05) is 31.1 Å². The summed E-state index contributed by atoms with van der Waals surface area (Å²) in [5.41, 5.74) is 4.70. The molecule has 0 spiro atoms. The predicted molar refractivity (Wildman–Crippen MR) is 163 cm³/mol. The van der Waals surface area contributed by atoms with Gasteiger partial charge in [-0.3, -0.25) is 19.9 Å². The van der Waals surface area contributed by atoms with Crippen LogP contribution in [0.3, 0.4) is 0 Å². The molecule has 4 atom stereocenters. The zero-order valence-electron chi connectivity index (χ0n) is 24.1. The minimum atomic E-state index is -0.802. The van der Waals surface area contributed by atoms with Crippen molar-refractivity contribution in [2.75, 3.05) is 32.8 Å². The molecule has 2 aromatic carbocycles. The third-order valence-electron chi connectivity index (χ3n) is 9.33. The van der Waals surface area contributed by atoms with E-state index in [2.05, 4.69) is 40.8 Å². The second-order valence-corrected chi connectivity index (χ2v) is 12.4. The Morgan fingerprint density at radius 1 is 1.05 bits per heavy atom. The molecule has 222 valence electrons. The summed E-state index contributed by atoms with van der Waals surface area (Å²) in [7, 11) is 0. The van der Waals surface area contributed by atoms with Crippen LogP contribution >= 0.6 is 23.2 Å². The van der Waals surface area contributed by atoms with E-state index in [1.165, 1.54) is 5.56 Å². The van der Waals surface area contributed by atoms with Crippen LogP contribution in [0.2, 0.25) is 10.0 Å². The third kappa shape index (κ3) is 6.30. The van der Waals surface area contributed by atoms with E-state index in [-0.39, 0.29) is 35.8 Å². The zero-order chi connectivity index (χ0) is 29.0. The quantitative estimate of drug-likeness (QED) is 0.389. The van der Waals surface area contributed by atoms with E-state index in [0.29, 0.717) is 42.6 Å². The molecule has 3 aliphatic rings. The molecule has 2 N–H and O–H groups in total. The van der Waals surface area contributed by atoms with Gasteiger partial charge in [-0.05, 0) is 88.7 Å². The summed E-state index contributed by atoms with van der Waals surface area (Å²) in [6.07, 6.45) is 5.12. The van der Waals surface area contributed by atoms with Crippen molar-refractivity contribution in [3.05, 3.63) is 69.7 Å². The first kappa shape index (κ1) is 30.3. The van der Waals surface area contributed by atoms with Crippen LogP contribution in [0.1, 0.15) is 69.4 Å². The molecule has 9 heteroatoms. The second kappa shape index (κ2) is 13.4. The van der Waals surface area contributed by atoms with Crippen molar-refractivity contribution in [1.29, 1.82) is 0 Å². The highest BCUT2D eigenvalue weighted by molar-refractivity contribution is 6.42. The molecule has 0 saturated carbocycles. The number of ether oxygens (including phenoxy) is 1. The van der Waals surface area contributed by atoms with E-state index in [1.54, 1.807) is 0 Å². The largest absolute Gasteiger partial charge is 0.466 e. The molecule has 1 amide bonds. The molecule has 0 radical (unpaired) electrons. The number of benzene rings is 2. The maximum Gasteiger partial charge on any atom is 0.309 e. The fourth-order valence-corrected chi connectivity index (χ4v) is 7.52. The maximum atomic E-state index is 14.5. The first-order valence-electron chi connectivity index (χ1n) is 15.1. The third-order valence-corrected chi connectivity index (χ3v) is 10.1. The summed E-state index contributed by atoms with van der Waals surface area (Å²) in [5, 5.41) is 6.90. The topological polar surface area (TPSA) is 73.9 Å². The number of hydrazine groups is 1. The first-order valence-corrected chi connectivity index (χ1v) is 15.8. The number of amides is 1. The van der Waals surface area contributed by atoms with E-state index < -0.39 is 5.54 Å². The number of piperidine rings is 2. The minimum Gasteiger partial charge on any atom is -0.466 e. The molecule has 0 aliphatic carbocycles. The lowest BCUT2D eigenvalue weighted by atomic mass is 9.76. The van der Waals surface area contributed by atoms with Crippen molar-refractivity contribution < 1.29 is 14.3 Å². The number of nitrogens with one attached hydrogen (secondary N) is 2. The van der Waals surface area contributed by atoms with Crippen LogP contribution in [0.15, 0.2) is 48.5 Å². The number of esters is 1. The molecular formula is C32H42Cl2N4O3. The van der Waals surface area contributed by atoms with Crippen molar-refractivity contribution in [1.82, 2.24) is 20.7 Å². The van der Waals surface area contributed by atoms with Gasteiger partial charge >= 0.3 is 5.97 Å². The minimum absolute atomic E-state index is 0.00826. The van der Waals surface area contributed by atoms with Crippen molar-refractivity contribution in [3.63, 3.8) is 0 Å². The standard InChI is InChI=1S/C32H42Cl2N4O3/c1-3-41-30(39)23-14-19-37(20-15-23)36-31(40)32(25-9-5-4-6-10-25)16-7-8-18-38(32)22(2)29-26(13-17-35-29)24-11-12-27(33)28(34)21-24/h4-6,9-12,21-23,26,29,35H,3,7-8,13-20H2,1-2H3,(H,36,40). The lowest BCUT2D eigenvalue weighted by Gasteiger charge is -2.51. The molecule has 3 saturated heterocycles. The number of halogens is 2. The Morgan fingerprint density at radius 2 is 1.80 bits per heavy atom. The van der Waals surface area contributed by atoms with Gasteiger partial charge in [0.2, 0.25) is 0 Å². The van der Waals surface area contributed by atoms with Crippen LogP contribution in [-0.2, 0) is 19.9 Å². The van der Waals surface area contributed by atoms with Crippen LogP contribution in [0.25, 0.3) is 0 Å². The molecule has 3 aliphatic heterocycles. The number of carbonyl (C=O) groups excluding carboxylic acids is 2. The molecular weight excluding hydrogens is 559 g/mol. The maximum absolute atomic E-state index is 14.5. The molecule has 0 bridgehead atoms. The molecule has 3 fully saturated rings. The smallest absolute Gasteiger partial charge is 0.309 e. The van der Waals surface area contributed by atoms with Gasteiger partial charge in [0.05, 0.1) is 22.6 Å². The number of nitrogens with zero attached hydrogens (tertiary/aromatic N) is 2. The van der Waals surface area contributed by atoms with E-state index in [9.17, 15) is 9.59 Å². The summed E-state index contributed by atoms with van der Waals surface area (Å²) in [4.78, 5) is 29.2. The van der Waals surface area contributed by atoms with E-state index in [0.717, 1.165) is 44.3 Å². The molecule has 2 aromatic rings. The summed E-state index contributed by atoms with van der Waals surface area (Å²) >= 11 is 12.7. The van der Waals surface area contributed by atoms with Crippen LogP contribution in [0.4, 0.5) is 0 Å². The van der Waals surface area contributed by atoms with Crippen LogP contribution in [0, 0.1) is 5.92 Å². The Balaban J connectivity index is 1.41. The van der Waals surface area contributed by atoms with Gasteiger partial charge in [0.15, 0.2) is 0 Å². The number of carbonyl (C=O) groups is 2. The normalized spacial score (nSPS) is 26.9. The number of hydrogen-bond donors (Lipinski definition) is 2. The van der Waals surface area contributed by atoms with Crippen molar-refractivity contribution in [2.45, 2.75) is 75.9 Å². The molecule has 5 rings (SSSR count). The van der Waals surface area contributed by atoms with Gasteiger partial charge in [-0.1, -0.05) is 59.6 Å². The van der Waals surface area contributed by atoms with Crippen molar-refractivity contribution in [2.24, 2.45) is 5.92 Å². The Morgan fingerprint density at radius 3 is 2.51 bits per heavy atom. The fourth-order valence-electron chi connectivity index (χ4n) is 7.22. The Labute approximate surface area is 253 Å². The van der Waals surface area contributed by atoms with Gasteiger partial charge < -0.3 is 10.1 Å². The summed E-state index contributed by atoms with van der Waals surface area (Å²) in [6.45, 7) is 7.48. The monoisotopic (exact) mass is 600 g/mol. The van der Waals surface area contributed by atoms with Crippen LogP contribution in [0.5, 0.6) is 0 Å². The second-order valence-electron chi connectivity index (χ2n) is 11.6. The van der Waals surface area contributed by atoms with Crippen molar-refractivity contribution >= 4 is 35.1 Å². The summed E-state index contributed by atoms with van der Waals surface area (Å²) in [6, 6.07) is 16.4. The highest BCUT2D eigenvalue weighted by Crippen LogP contribution is 2.43. The average Bonchev–Trinajstić information content (AvgIpc) is 3.49. The van der Waals surface area contributed by atoms with Crippen LogP contribution in [-0.4, -0.2) is 66.7 Å². The summed E-state index contributed by atoms with van der Waals surface area (Å²) in [5.74, 6) is 0.0327. The number of likely N-dealkylation sites (tertiary alicyclic amines) is 1. The van der Waals surface area contributed by atoms with Gasteiger partial charge in [0.25, 0.3) is 5.91 Å². The van der Waals surface area contributed by atoms with Gasteiger partial charge in [-0.15, -0.1) is 0 Å².